The summed E-state index contributed by atoms with van der Waals surface area (Å²) in [5.74, 6) is 0. The highest BCUT2D eigenvalue weighted by Crippen LogP contribution is 2.18. The number of hydrogen-bond donors (Lipinski definition) is 0. The first-order chi connectivity index (χ1) is 6.36. The summed E-state index contributed by atoms with van der Waals surface area (Å²) in [5, 5.41) is 0. The summed E-state index contributed by atoms with van der Waals surface area (Å²) >= 11 is 0. The molecule has 0 saturated carbocycles. The Hall–Kier alpha value is -0.890. The zero-order valence-corrected chi connectivity index (χ0v) is 8.11. The van der Waals surface area contributed by atoms with Gasteiger partial charge in [-0.1, -0.05) is 6.07 Å². The van der Waals surface area contributed by atoms with Crippen molar-refractivity contribution in [3.05, 3.63) is 30.1 Å². The first-order valence-electron chi connectivity index (χ1n) is 5.00. The fourth-order valence-electron chi connectivity index (χ4n) is 1.93. The van der Waals surface area contributed by atoms with Crippen molar-refractivity contribution >= 4 is 0 Å². The minimum absolute atomic E-state index is 0.738. The van der Waals surface area contributed by atoms with Crippen LogP contribution in [0.5, 0.6) is 0 Å². The molecular formula is C11H16N2. The number of pyridine rings is 1. The smallest absolute Gasteiger partial charge is 0.0544 e. The molecule has 0 radical (unpaired) electrons. The van der Waals surface area contributed by atoms with Gasteiger partial charge in [-0.15, -0.1) is 0 Å². The third kappa shape index (κ3) is 2.07. The Morgan fingerprint density at radius 1 is 1.54 bits per heavy atom. The number of rotatable bonds is 2. The molecule has 0 N–H and O–H groups in total. The predicted octanol–water partition coefficient (Wildman–Crippen LogP) is 2.07. The Morgan fingerprint density at radius 2 is 2.46 bits per heavy atom. The van der Waals surface area contributed by atoms with Crippen LogP contribution < -0.4 is 0 Å². The molecule has 2 nitrogen and oxygen atoms in total. The Bertz CT molecular complexity index is 258. The summed E-state index contributed by atoms with van der Waals surface area (Å²) in [4.78, 5) is 6.84. The summed E-state index contributed by atoms with van der Waals surface area (Å²) in [5.41, 5.74) is 1.19. The van der Waals surface area contributed by atoms with Crippen molar-refractivity contribution in [2.45, 2.75) is 32.4 Å². The van der Waals surface area contributed by atoms with Crippen molar-refractivity contribution in [1.82, 2.24) is 9.88 Å². The SMILES string of the molecule is CC1CCCN1Cc1ccccn1. The van der Waals surface area contributed by atoms with E-state index in [9.17, 15) is 0 Å². The van der Waals surface area contributed by atoms with Gasteiger partial charge in [-0.05, 0) is 38.4 Å². The van der Waals surface area contributed by atoms with Gasteiger partial charge in [0.1, 0.15) is 0 Å². The summed E-state index contributed by atoms with van der Waals surface area (Å²) in [6, 6.07) is 6.87. The molecule has 1 atom stereocenters. The maximum absolute atomic E-state index is 4.34. The topological polar surface area (TPSA) is 16.1 Å². The molecule has 1 saturated heterocycles. The largest absolute Gasteiger partial charge is 0.295 e. The van der Waals surface area contributed by atoms with Crippen molar-refractivity contribution in [3.63, 3.8) is 0 Å². The third-order valence-corrected chi connectivity index (χ3v) is 2.78. The summed E-state index contributed by atoms with van der Waals surface area (Å²) in [7, 11) is 0. The van der Waals surface area contributed by atoms with Gasteiger partial charge in [0.15, 0.2) is 0 Å². The van der Waals surface area contributed by atoms with E-state index < -0.39 is 0 Å². The summed E-state index contributed by atoms with van der Waals surface area (Å²) in [6.07, 6.45) is 4.55. The average Bonchev–Trinajstić information content (AvgIpc) is 2.54. The molecule has 0 spiro atoms. The van der Waals surface area contributed by atoms with Crippen molar-refractivity contribution in [2.75, 3.05) is 6.54 Å². The normalized spacial score (nSPS) is 23.6. The third-order valence-electron chi connectivity index (χ3n) is 2.78. The maximum Gasteiger partial charge on any atom is 0.0544 e. The average molecular weight is 176 g/mol. The molecule has 0 aromatic carbocycles. The Kier molecular flexibility index (Phi) is 2.60. The minimum Gasteiger partial charge on any atom is -0.295 e. The number of likely N-dealkylation sites (tertiary alicyclic amines) is 1. The lowest BCUT2D eigenvalue weighted by Crippen LogP contribution is -2.26. The molecular weight excluding hydrogens is 160 g/mol. The fraction of sp³-hybridized carbons (Fsp3) is 0.545. The molecule has 1 aromatic heterocycles. The standard InChI is InChI=1S/C11H16N2/c1-10-5-4-8-13(10)9-11-6-2-3-7-12-11/h2-3,6-7,10H,4-5,8-9H2,1H3. The molecule has 1 aliphatic heterocycles. The molecule has 1 fully saturated rings. The predicted molar refractivity (Wildman–Crippen MR) is 53.3 cm³/mol. The van der Waals surface area contributed by atoms with E-state index in [4.69, 9.17) is 0 Å². The maximum atomic E-state index is 4.34. The van der Waals surface area contributed by atoms with Crippen molar-refractivity contribution in [3.8, 4) is 0 Å². The van der Waals surface area contributed by atoms with E-state index in [-0.39, 0.29) is 0 Å². The second-order valence-corrected chi connectivity index (χ2v) is 3.78. The van der Waals surface area contributed by atoms with Gasteiger partial charge in [-0.25, -0.2) is 0 Å². The fourth-order valence-corrected chi connectivity index (χ4v) is 1.93. The lowest BCUT2D eigenvalue weighted by Gasteiger charge is -2.19. The molecule has 2 heterocycles. The van der Waals surface area contributed by atoms with Crippen LogP contribution in [0.3, 0.4) is 0 Å². The van der Waals surface area contributed by atoms with E-state index in [0.717, 1.165) is 12.6 Å². The minimum atomic E-state index is 0.738. The van der Waals surface area contributed by atoms with Gasteiger partial charge in [0.2, 0.25) is 0 Å². The molecule has 2 heteroatoms. The van der Waals surface area contributed by atoms with E-state index in [1.165, 1.54) is 25.1 Å². The van der Waals surface area contributed by atoms with Crippen LogP contribution in [0, 0.1) is 0 Å². The summed E-state index contributed by atoms with van der Waals surface area (Å²) < 4.78 is 0. The quantitative estimate of drug-likeness (QED) is 0.685. The highest BCUT2D eigenvalue weighted by molar-refractivity contribution is 5.03. The van der Waals surface area contributed by atoms with E-state index >= 15 is 0 Å². The Morgan fingerprint density at radius 3 is 3.08 bits per heavy atom. The van der Waals surface area contributed by atoms with Crippen LogP contribution in [-0.2, 0) is 6.54 Å². The van der Waals surface area contributed by atoms with Crippen LogP contribution in [-0.4, -0.2) is 22.5 Å². The van der Waals surface area contributed by atoms with Crippen LogP contribution in [0.1, 0.15) is 25.5 Å². The van der Waals surface area contributed by atoms with Crippen LogP contribution in [0.4, 0.5) is 0 Å². The van der Waals surface area contributed by atoms with E-state index in [1.807, 2.05) is 12.3 Å². The molecule has 1 unspecified atom stereocenters. The number of hydrogen-bond acceptors (Lipinski definition) is 2. The molecule has 13 heavy (non-hydrogen) atoms. The van der Waals surface area contributed by atoms with Gasteiger partial charge in [0.05, 0.1) is 5.69 Å². The molecule has 0 bridgehead atoms. The first kappa shape index (κ1) is 8.70. The van der Waals surface area contributed by atoms with Crippen molar-refractivity contribution in [2.24, 2.45) is 0 Å². The second kappa shape index (κ2) is 3.88. The van der Waals surface area contributed by atoms with Gasteiger partial charge < -0.3 is 0 Å². The van der Waals surface area contributed by atoms with Crippen molar-refractivity contribution < 1.29 is 0 Å². The highest BCUT2D eigenvalue weighted by atomic mass is 15.2. The van der Waals surface area contributed by atoms with Crippen LogP contribution in [0.15, 0.2) is 24.4 Å². The van der Waals surface area contributed by atoms with Gasteiger partial charge in [-0.2, -0.15) is 0 Å². The second-order valence-electron chi connectivity index (χ2n) is 3.78. The Labute approximate surface area is 79.6 Å². The van der Waals surface area contributed by atoms with E-state index in [1.54, 1.807) is 0 Å². The highest BCUT2D eigenvalue weighted by Gasteiger charge is 2.19. The van der Waals surface area contributed by atoms with Gasteiger partial charge in [0.25, 0.3) is 0 Å². The molecule has 2 rings (SSSR count). The zero-order valence-electron chi connectivity index (χ0n) is 8.11. The van der Waals surface area contributed by atoms with Crippen LogP contribution in [0.25, 0.3) is 0 Å². The summed E-state index contributed by atoms with van der Waals surface area (Å²) in [6.45, 7) is 4.55. The first-order valence-corrected chi connectivity index (χ1v) is 5.00. The molecule has 0 amide bonds. The van der Waals surface area contributed by atoms with E-state index in [0.29, 0.717) is 0 Å². The van der Waals surface area contributed by atoms with Gasteiger partial charge in [0, 0.05) is 18.8 Å². The van der Waals surface area contributed by atoms with Gasteiger partial charge >= 0.3 is 0 Å². The molecule has 1 aromatic rings. The molecule has 1 aliphatic rings. The lowest BCUT2D eigenvalue weighted by molar-refractivity contribution is 0.257. The lowest BCUT2D eigenvalue weighted by atomic mass is 10.2. The van der Waals surface area contributed by atoms with Gasteiger partial charge in [-0.3, -0.25) is 9.88 Å². The molecule has 70 valence electrons. The zero-order chi connectivity index (χ0) is 9.10. The molecule has 0 aliphatic carbocycles. The number of nitrogens with zero attached hydrogens (tertiary/aromatic N) is 2. The van der Waals surface area contributed by atoms with Crippen molar-refractivity contribution in [1.29, 1.82) is 0 Å². The Balaban J connectivity index is 1.98. The number of aromatic nitrogens is 1. The van der Waals surface area contributed by atoms with Crippen LogP contribution >= 0.6 is 0 Å². The van der Waals surface area contributed by atoms with Crippen LogP contribution in [0.2, 0.25) is 0 Å². The van der Waals surface area contributed by atoms with E-state index in [2.05, 4.69) is 28.9 Å². The monoisotopic (exact) mass is 176 g/mol.